The standard InChI is InChI=1S/C14H12Br2N2O/c1-19-14-7-10(12(15)8-13(14)16)9-17-18-11-5-3-2-4-6-11/h2-9,18H,1H3. The van der Waals surface area contributed by atoms with Crippen molar-refractivity contribution in [2.45, 2.75) is 0 Å². The predicted octanol–water partition coefficient (Wildman–Crippen LogP) is 4.67. The topological polar surface area (TPSA) is 33.6 Å². The first-order chi connectivity index (χ1) is 9.20. The highest BCUT2D eigenvalue weighted by molar-refractivity contribution is 9.11. The molecule has 0 aromatic heterocycles. The van der Waals surface area contributed by atoms with Gasteiger partial charge in [-0.15, -0.1) is 0 Å². The van der Waals surface area contributed by atoms with E-state index in [4.69, 9.17) is 4.74 Å². The quantitative estimate of drug-likeness (QED) is 0.614. The van der Waals surface area contributed by atoms with Gasteiger partial charge in [0.25, 0.3) is 0 Å². The van der Waals surface area contributed by atoms with E-state index in [1.54, 1.807) is 13.3 Å². The summed E-state index contributed by atoms with van der Waals surface area (Å²) >= 11 is 6.92. The normalized spacial score (nSPS) is 10.7. The maximum Gasteiger partial charge on any atom is 0.133 e. The van der Waals surface area contributed by atoms with E-state index in [2.05, 4.69) is 42.4 Å². The number of hydrogen-bond acceptors (Lipinski definition) is 3. The average Bonchev–Trinajstić information content (AvgIpc) is 2.42. The Labute approximate surface area is 128 Å². The van der Waals surface area contributed by atoms with Gasteiger partial charge in [-0.25, -0.2) is 0 Å². The molecule has 0 radical (unpaired) electrons. The van der Waals surface area contributed by atoms with Gasteiger partial charge >= 0.3 is 0 Å². The number of para-hydroxylation sites is 1. The number of anilines is 1. The first-order valence-electron chi connectivity index (χ1n) is 5.58. The lowest BCUT2D eigenvalue weighted by Gasteiger charge is -2.06. The lowest BCUT2D eigenvalue weighted by molar-refractivity contribution is 0.412. The Morgan fingerprint density at radius 2 is 1.84 bits per heavy atom. The molecule has 0 heterocycles. The van der Waals surface area contributed by atoms with Crippen LogP contribution in [0, 0.1) is 0 Å². The molecule has 0 amide bonds. The smallest absolute Gasteiger partial charge is 0.133 e. The fourth-order valence-corrected chi connectivity index (χ4v) is 2.75. The van der Waals surface area contributed by atoms with E-state index in [1.807, 2.05) is 42.5 Å². The second-order valence-corrected chi connectivity index (χ2v) is 5.45. The van der Waals surface area contributed by atoms with E-state index in [-0.39, 0.29) is 0 Å². The van der Waals surface area contributed by atoms with Crippen molar-refractivity contribution in [3.05, 3.63) is 57.0 Å². The van der Waals surface area contributed by atoms with E-state index in [1.165, 1.54) is 0 Å². The molecule has 19 heavy (non-hydrogen) atoms. The highest BCUT2D eigenvalue weighted by Crippen LogP contribution is 2.30. The summed E-state index contributed by atoms with van der Waals surface area (Å²) in [6.45, 7) is 0. The number of ether oxygens (including phenoxy) is 1. The minimum atomic E-state index is 0.768. The van der Waals surface area contributed by atoms with Crippen LogP contribution in [0.15, 0.2) is 56.5 Å². The molecule has 98 valence electrons. The van der Waals surface area contributed by atoms with Gasteiger partial charge in [0.1, 0.15) is 5.75 Å². The van der Waals surface area contributed by atoms with Crippen LogP contribution in [0.25, 0.3) is 0 Å². The molecule has 2 aromatic rings. The van der Waals surface area contributed by atoms with Crippen LogP contribution in [0.2, 0.25) is 0 Å². The molecule has 0 aliphatic rings. The van der Waals surface area contributed by atoms with E-state index >= 15 is 0 Å². The van der Waals surface area contributed by atoms with Gasteiger partial charge in [-0.2, -0.15) is 5.10 Å². The fourth-order valence-electron chi connectivity index (χ4n) is 1.49. The van der Waals surface area contributed by atoms with E-state index < -0.39 is 0 Å². The van der Waals surface area contributed by atoms with Gasteiger partial charge in [-0.3, -0.25) is 5.43 Å². The van der Waals surface area contributed by atoms with Gasteiger partial charge in [0.05, 0.1) is 23.5 Å². The Balaban J connectivity index is 2.15. The molecule has 1 N–H and O–H groups in total. The third kappa shape index (κ3) is 3.81. The molecule has 0 spiro atoms. The second kappa shape index (κ2) is 6.73. The molecular formula is C14H12Br2N2O. The maximum atomic E-state index is 5.26. The summed E-state index contributed by atoms with van der Waals surface area (Å²) in [5.74, 6) is 0.768. The molecule has 0 aliphatic carbocycles. The summed E-state index contributed by atoms with van der Waals surface area (Å²) < 4.78 is 7.10. The molecule has 0 saturated heterocycles. The lowest BCUT2D eigenvalue weighted by Crippen LogP contribution is -1.93. The Kier molecular flexibility index (Phi) is 4.99. The number of halogens is 2. The lowest BCUT2D eigenvalue weighted by atomic mass is 10.2. The molecule has 0 aliphatic heterocycles. The van der Waals surface area contributed by atoms with Gasteiger partial charge in [-0.05, 0) is 40.2 Å². The average molecular weight is 384 g/mol. The van der Waals surface area contributed by atoms with Crippen molar-refractivity contribution in [1.29, 1.82) is 0 Å². The summed E-state index contributed by atoms with van der Waals surface area (Å²) in [4.78, 5) is 0. The van der Waals surface area contributed by atoms with Crippen molar-refractivity contribution < 1.29 is 4.74 Å². The van der Waals surface area contributed by atoms with Gasteiger partial charge < -0.3 is 4.74 Å². The summed E-state index contributed by atoms with van der Waals surface area (Å²) in [6, 6.07) is 13.6. The summed E-state index contributed by atoms with van der Waals surface area (Å²) in [6.07, 6.45) is 1.74. The van der Waals surface area contributed by atoms with Crippen LogP contribution in [-0.2, 0) is 0 Å². The summed E-state index contributed by atoms with van der Waals surface area (Å²) in [5.41, 5.74) is 4.85. The van der Waals surface area contributed by atoms with Gasteiger partial charge in [0.2, 0.25) is 0 Å². The van der Waals surface area contributed by atoms with Crippen LogP contribution < -0.4 is 10.2 Å². The zero-order valence-electron chi connectivity index (χ0n) is 10.2. The Morgan fingerprint density at radius 3 is 2.53 bits per heavy atom. The summed E-state index contributed by atoms with van der Waals surface area (Å²) in [7, 11) is 1.64. The molecule has 3 nitrogen and oxygen atoms in total. The number of nitrogens with zero attached hydrogens (tertiary/aromatic N) is 1. The highest BCUT2D eigenvalue weighted by Gasteiger charge is 2.05. The molecule has 5 heteroatoms. The molecule has 0 atom stereocenters. The summed E-state index contributed by atoms with van der Waals surface area (Å²) in [5, 5.41) is 4.20. The molecule has 0 bridgehead atoms. The number of methoxy groups -OCH3 is 1. The van der Waals surface area contributed by atoms with Crippen LogP contribution in [0.1, 0.15) is 5.56 Å². The third-order valence-corrected chi connectivity index (χ3v) is 3.75. The molecule has 0 unspecified atom stereocenters. The van der Waals surface area contributed by atoms with Crippen LogP contribution in [0.3, 0.4) is 0 Å². The largest absolute Gasteiger partial charge is 0.496 e. The zero-order chi connectivity index (χ0) is 13.7. The van der Waals surface area contributed by atoms with Crippen molar-refractivity contribution in [2.24, 2.45) is 5.10 Å². The van der Waals surface area contributed by atoms with Crippen molar-refractivity contribution >= 4 is 43.8 Å². The number of nitrogens with one attached hydrogen (secondary N) is 1. The van der Waals surface area contributed by atoms with Gasteiger partial charge in [0.15, 0.2) is 0 Å². The van der Waals surface area contributed by atoms with Crippen molar-refractivity contribution in [3.8, 4) is 5.75 Å². The van der Waals surface area contributed by atoms with Crippen LogP contribution >= 0.6 is 31.9 Å². The van der Waals surface area contributed by atoms with Crippen molar-refractivity contribution in [1.82, 2.24) is 0 Å². The first kappa shape index (κ1) is 14.1. The zero-order valence-corrected chi connectivity index (χ0v) is 13.4. The number of rotatable bonds is 4. The third-order valence-electron chi connectivity index (χ3n) is 2.44. The Morgan fingerprint density at radius 1 is 1.11 bits per heavy atom. The van der Waals surface area contributed by atoms with Crippen molar-refractivity contribution in [3.63, 3.8) is 0 Å². The second-order valence-electron chi connectivity index (χ2n) is 3.74. The molecule has 0 fully saturated rings. The fraction of sp³-hybridized carbons (Fsp3) is 0.0714. The minimum absolute atomic E-state index is 0.768. The Bertz CT molecular complexity index is 585. The molecular weight excluding hydrogens is 372 g/mol. The minimum Gasteiger partial charge on any atom is -0.496 e. The van der Waals surface area contributed by atoms with E-state index in [9.17, 15) is 0 Å². The maximum absolute atomic E-state index is 5.26. The van der Waals surface area contributed by atoms with E-state index in [0.29, 0.717) is 0 Å². The van der Waals surface area contributed by atoms with Gasteiger partial charge in [0, 0.05) is 10.0 Å². The molecule has 2 rings (SSSR count). The number of hydrogen-bond donors (Lipinski definition) is 1. The van der Waals surface area contributed by atoms with E-state index in [0.717, 1.165) is 25.9 Å². The Hall–Kier alpha value is -1.33. The van der Waals surface area contributed by atoms with Crippen LogP contribution in [0.5, 0.6) is 5.75 Å². The molecule has 0 saturated carbocycles. The highest BCUT2D eigenvalue weighted by atomic mass is 79.9. The SMILES string of the molecule is COc1cc(C=NNc2ccccc2)c(Br)cc1Br. The first-order valence-corrected chi connectivity index (χ1v) is 7.16. The number of benzene rings is 2. The molecule has 2 aromatic carbocycles. The predicted molar refractivity (Wildman–Crippen MR) is 86.1 cm³/mol. The van der Waals surface area contributed by atoms with Gasteiger partial charge in [-0.1, -0.05) is 34.1 Å². The monoisotopic (exact) mass is 382 g/mol. The van der Waals surface area contributed by atoms with Crippen LogP contribution in [0.4, 0.5) is 5.69 Å². The van der Waals surface area contributed by atoms with Crippen molar-refractivity contribution in [2.75, 3.05) is 12.5 Å². The number of hydrazone groups is 1. The van der Waals surface area contributed by atoms with Crippen LogP contribution in [-0.4, -0.2) is 13.3 Å².